The highest BCUT2D eigenvalue weighted by Gasteiger charge is 2.11. The van der Waals surface area contributed by atoms with Gasteiger partial charge in [0.2, 0.25) is 0 Å². The van der Waals surface area contributed by atoms with Crippen LogP contribution in [-0.2, 0) is 4.74 Å². The summed E-state index contributed by atoms with van der Waals surface area (Å²) >= 11 is 7.34. The lowest BCUT2D eigenvalue weighted by Gasteiger charge is -2.02. The van der Waals surface area contributed by atoms with Crippen molar-refractivity contribution in [1.82, 2.24) is 15.0 Å². The van der Waals surface area contributed by atoms with Gasteiger partial charge >= 0.3 is 5.97 Å². The van der Waals surface area contributed by atoms with E-state index >= 15 is 0 Å². The van der Waals surface area contributed by atoms with E-state index < -0.39 is 0 Å². The van der Waals surface area contributed by atoms with Crippen LogP contribution in [0.25, 0.3) is 10.2 Å². The predicted molar refractivity (Wildman–Crippen MR) is 90.6 cm³/mol. The lowest BCUT2D eigenvalue weighted by molar-refractivity contribution is 0.0526. The van der Waals surface area contributed by atoms with Crippen molar-refractivity contribution in [3.05, 3.63) is 40.8 Å². The largest absolute Gasteiger partial charge is 0.462 e. The van der Waals surface area contributed by atoms with Crippen LogP contribution in [0.3, 0.4) is 0 Å². The second kappa shape index (κ2) is 6.47. The van der Waals surface area contributed by atoms with Crippen molar-refractivity contribution in [3.63, 3.8) is 0 Å². The SMILES string of the molecule is CCOC(=O)c1ccc2nc(Nc3cc(Cl)nc(C)n3)sc2c1. The summed E-state index contributed by atoms with van der Waals surface area (Å²) in [5.41, 5.74) is 1.30. The molecule has 0 aliphatic carbocycles. The minimum Gasteiger partial charge on any atom is -0.462 e. The second-order valence-corrected chi connectivity index (χ2v) is 6.09. The fourth-order valence-corrected chi connectivity index (χ4v) is 3.16. The van der Waals surface area contributed by atoms with E-state index in [4.69, 9.17) is 16.3 Å². The fourth-order valence-electron chi connectivity index (χ4n) is 2.02. The van der Waals surface area contributed by atoms with Crippen LogP contribution >= 0.6 is 22.9 Å². The minimum atomic E-state index is -0.337. The van der Waals surface area contributed by atoms with Gasteiger partial charge in [0, 0.05) is 6.07 Å². The van der Waals surface area contributed by atoms with Gasteiger partial charge in [-0.1, -0.05) is 22.9 Å². The van der Waals surface area contributed by atoms with Crippen molar-refractivity contribution >= 4 is 50.1 Å². The number of nitrogens with one attached hydrogen (secondary N) is 1. The van der Waals surface area contributed by atoms with Crippen molar-refractivity contribution in [2.45, 2.75) is 13.8 Å². The second-order valence-electron chi connectivity index (χ2n) is 4.67. The molecule has 1 N–H and O–H groups in total. The van der Waals surface area contributed by atoms with Crippen LogP contribution in [0.4, 0.5) is 10.9 Å². The highest BCUT2D eigenvalue weighted by Crippen LogP contribution is 2.29. The Morgan fingerprint density at radius 2 is 2.13 bits per heavy atom. The Morgan fingerprint density at radius 3 is 2.87 bits per heavy atom. The van der Waals surface area contributed by atoms with Gasteiger partial charge < -0.3 is 10.1 Å². The van der Waals surface area contributed by atoms with Crippen molar-refractivity contribution in [1.29, 1.82) is 0 Å². The number of aromatic nitrogens is 3. The number of halogens is 1. The van der Waals surface area contributed by atoms with Gasteiger partial charge in [-0.15, -0.1) is 0 Å². The Bertz CT molecular complexity index is 861. The number of anilines is 2. The number of fused-ring (bicyclic) bond motifs is 1. The van der Waals surface area contributed by atoms with Gasteiger partial charge in [0.05, 0.1) is 22.4 Å². The zero-order valence-corrected chi connectivity index (χ0v) is 14.0. The summed E-state index contributed by atoms with van der Waals surface area (Å²) in [6.07, 6.45) is 0. The molecular formula is C15H13ClN4O2S. The Kier molecular flexibility index (Phi) is 4.40. The van der Waals surface area contributed by atoms with Crippen LogP contribution in [0.5, 0.6) is 0 Å². The highest BCUT2D eigenvalue weighted by atomic mass is 35.5. The molecule has 0 aliphatic rings. The summed E-state index contributed by atoms with van der Waals surface area (Å²) in [5, 5.41) is 4.13. The minimum absolute atomic E-state index is 0.337. The zero-order valence-electron chi connectivity index (χ0n) is 12.5. The molecule has 0 fully saturated rings. The average Bonchev–Trinajstić information content (AvgIpc) is 2.87. The molecule has 0 saturated heterocycles. The zero-order chi connectivity index (χ0) is 16.4. The summed E-state index contributed by atoms with van der Waals surface area (Å²) < 4.78 is 5.89. The lowest BCUT2D eigenvalue weighted by Crippen LogP contribution is -2.03. The maximum Gasteiger partial charge on any atom is 0.338 e. The first-order valence-electron chi connectivity index (χ1n) is 6.91. The standard InChI is InChI=1S/C15H13ClN4O2S/c1-3-22-14(21)9-4-5-10-11(6-9)23-15(19-10)20-13-7-12(16)17-8(2)18-13/h4-7H,3H2,1-2H3,(H,17,18,19,20). The van der Waals surface area contributed by atoms with E-state index in [0.29, 0.717) is 34.1 Å². The number of hydrogen-bond acceptors (Lipinski definition) is 7. The fraction of sp³-hybridized carbons (Fsp3) is 0.200. The molecule has 0 aliphatic heterocycles. The van der Waals surface area contributed by atoms with E-state index in [1.807, 2.05) is 0 Å². The number of thiazole rings is 1. The Hall–Kier alpha value is -2.25. The molecule has 8 heteroatoms. The number of aryl methyl sites for hydroxylation is 1. The number of carbonyl (C=O) groups is 1. The molecule has 3 aromatic rings. The highest BCUT2D eigenvalue weighted by molar-refractivity contribution is 7.22. The van der Waals surface area contributed by atoms with Crippen LogP contribution in [0.1, 0.15) is 23.1 Å². The topological polar surface area (TPSA) is 77.0 Å². The molecule has 0 spiro atoms. The van der Waals surface area contributed by atoms with Gasteiger partial charge in [-0.3, -0.25) is 0 Å². The molecule has 23 heavy (non-hydrogen) atoms. The molecule has 6 nitrogen and oxygen atoms in total. The van der Waals surface area contributed by atoms with E-state index in [0.717, 1.165) is 10.2 Å². The smallest absolute Gasteiger partial charge is 0.338 e. The van der Waals surface area contributed by atoms with Crippen LogP contribution in [0.15, 0.2) is 24.3 Å². The van der Waals surface area contributed by atoms with E-state index in [1.165, 1.54) is 11.3 Å². The van der Waals surface area contributed by atoms with E-state index in [2.05, 4.69) is 20.3 Å². The molecule has 0 radical (unpaired) electrons. The van der Waals surface area contributed by atoms with E-state index in [1.54, 1.807) is 38.1 Å². The van der Waals surface area contributed by atoms with Crippen LogP contribution < -0.4 is 5.32 Å². The first-order valence-corrected chi connectivity index (χ1v) is 8.10. The van der Waals surface area contributed by atoms with Gasteiger partial charge in [-0.05, 0) is 32.0 Å². The lowest BCUT2D eigenvalue weighted by atomic mass is 10.2. The number of esters is 1. The Balaban J connectivity index is 1.89. The number of hydrogen-bond donors (Lipinski definition) is 1. The number of ether oxygens (including phenoxy) is 1. The average molecular weight is 349 g/mol. The normalized spacial score (nSPS) is 10.7. The maximum atomic E-state index is 11.8. The third-order valence-electron chi connectivity index (χ3n) is 2.94. The quantitative estimate of drug-likeness (QED) is 0.568. The number of benzene rings is 1. The third-order valence-corrected chi connectivity index (χ3v) is 4.07. The maximum absolute atomic E-state index is 11.8. The van der Waals surface area contributed by atoms with E-state index in [-0.39, 0.29) is 5.97 Å². The van der Waals surface area contributed by atoms with Crippen molar-refractivity contribution < 1.29 is 9.53 Å². The molecule has 2 heterocycles. The monoisotopic (exact) mass is 348 g/mol. The summed E-state index contributed by atoms with van der Waals surface area (Å²) in [5.74, 6) is 0.813. The number of rotatable bonds is 4. The molecule has 0 unspecified atom stereocenters. The molecule has 0 saturated carbocycles. The molecule has 3 rings (SSSR count). The van der Waals surface area contributed by atoms with Crippen molar-refractivity contribution in [2.75, 3.05) is 11.9 Å². The summed E-state index contributed by atoms with van der Waals surface area (Å²) in [6, 6.07) is 6.90. The molecule has 0 bridgehead atoms. The molecule has 0 amide bonds. The first kappa shape index (κ1) is 15.6. The summed E-state index contributed by atoms with van der Waals surface area (Å²) in [4.78, 5) is 24.5. The molecular weight excluding hydrogens is 336 g/mol. The summed E-state index contributed by atoms with van der Waals surface area (Å²) in [6.45, 7) is 3.89. The number of carbonyl (C=O) groups excluding carboxylic acids is 1. The van der Waals surface area contributed by atoms with Crippen molar-refractivity contribution in [2.24, 2.45) is 0 Å². The number of nitrogens with zero attached hydrogens (tertiary/aromatic N) is 3. The summed E-state index contributed by atoms with van der Waals surface area (Å²) in [7, 11) is 0. The molecule has 118 valence electrons. The van der Waals surface area contributed by atoms with Crippen LogP contribution in [0, 0.1) is 6.92 Å². The Morgan fingerprint density at radius 1 is 1.30 bits per heavy atom. The van der Waals surface area contributed by atoms with Gasteiger partial charge in [-0.25, -0.2) is 19.7 Å². The molecule has 0 atom stereocenters. The van der Waals surface area contributed by atoms with Crippen LogP contribution in [-0.4, -0.2) is 27.5 Å². The van der Waals surface area contributed by atoms with Gasteiger partial charge in [0.1, 0.15) is 16.8 Å². The first-order chi connectivity index (χ1) is 11.0. The third kappa shape index (κ3) is 3.57. The van der Waals surface area contributed by atoms with E-state index in [9.17, 15) is 4.79 Å². The van der Waals surface area contributed by atoms with Gasteiger partial charge in [-0.2, -0.15) is 0 Å². The molecule has 1 aromatic carbocycles. The van der Waals surface area contributed by atoms with Gasteiger partial charge in [0.25, 0.3) is 0 Å². The van der Waals surface area contributed by atoms with Crippen LogP contribution in [0.2, 0.25) is 5.15 Å². The van der Waals surface area contributed by atoms with Crippen molar-refractivity contribution in [3.8, 4) is 0 Å². The van der Waals surface area contributed by atoms with Gasteiger partial charge in [0.15, 0.2) is 5.13 Å². The Labute approximate surface area is 141 Å². The predicted octanol–water partition coefficient (Wildman–Crippen LogP) is 3.97. The molecule has 2 aromatic heterocycles.